The van der Waals surface area contributed by atoms with Crippen LogP contribution in [0.2, 0.25) is 0 Å². The van der Waals surface area contributed by atoms with E-state index in [1.807, 2.05) is 62.4 Å². The maximum atomic E-state index is 12.8. The molecule has 0 aliphatic rings. The second-order valence-corrected chi connectivity index (χ2v) is 7.84. The molecular weight excluding hydrogens is 330 g/mol. The van der Waals surface area contributed by atoms with Crippen molar-refractivity contribution in [2.24, 2.45) is 0 Å². The van der Waals surface area contributed by atoms with E-state index in [2.05, 4.69) is 4.72 Å². The number of rotatable bonds is 5. The van der Waals surface area contributed by atoms with Crippen molar-refractivity contribution in [2.45, 2.75) is 24.8 Å². The number of nitrogens with one attached hydrogen (secondary N) is 1. The molecule has 128 valence electrons. The van der Waals surface area contributed by atoms with Gasteiger partial charge < -0.3 is 0 Å². The zero-order chi connectivity index (χ0) is 17.9. The number of benzene rings is 3. The topological polar surface area (TPSA) is 46.2 Å². The predicted molar refractivity (Wildman–Crippen MR) is 101 cm³/mol. The lowest BCUT2D eigenvalue weighted by Crippen LogP contribution is -2.29. The Morgan fingerprint density at radius 1 is 0.720 bits per heavy atom. The lowest BCUT2D eigenvalue weighted by atomic mass is 9.96. The maximum Gasteiger partial charge on any atom is 0.241 e. The van der Waals surface area contributed by atoms with Crippen LogP contribution in [0.15, 0.2) is 83.8 Å². The van der Waals surface area contributed by atoms with E-state index >= 15 is 0 Å². The number of hydrogen-bond donors (Lipinski definition) is 1. The minimum Gasteiger partial charge on any atom is -0.207 e. The van der Waals surface area contributed by atoms with Gasteiger partial charge in [-0.25, -0.2) is 8.42 Å². The number of sulfonamides is 1. The van der Waals surface area contributed by atoms with Crippen molar-refractivity contribution in [3.8, 4) is 0 Å². The van der Waals surface area contributed by atoms with Gasteiger partial charge in [-0.2, -0.15) is 4.72 Å². The molecule has 1 atom stereocenters. The molecular formula is C21H21NO2S. The Balaban J connectivity index is 2.05. The van der Waals surface area contributed by atoms with Crippen LogP contribution in [0.3, 0.4) is 0 Å². The van der Waals surface area contributed by atoms with Gasteiger partial charge in [0.05, 0.1) is 10.9 Å². The van der Waals surface area contributed by atoms with Crippen LogP contribution in [0, 0.1) is 13.8 Å². The van der Waals surface area contributed by atoms with Gasteiger partial charge >= 0.3 is 0 Å². The average molecular weight is 351 g/mol. The molecule has 0 aliphatic heterocycles. The largest absolute Gasteiger partial charge is 0.241 e. The Morgan fingerprint density at radius 2 is 1.32 bits per heavy atom. The molecule has 1 N–H and O–H groups in total. The van der Waals surface area contributed by atoms with E-state index in [9.17, 15) is 8.42 Å². The molecule has 0 heterocycles. The fourth-order valence-electron chi connectivity index (χ4n) is 2.74. The molecule has 4 heteroatoms. The highest BCUT2D eigenvalue weighted by molar-refractivity contribution is 7.89. The van der Waals surface area contributed by atoms with Crippen molar-refractivity contribution in [1.29, 1.82) is 0 Å². The Morgan fingerprint density at radius 3 is 1.92 bits per heavy atom. The summed E-state index contributed by atoms with van der Waals surface area (Å²) in [5, 5.41) is 0. The highest BCUT2D eigenvalue weighted by Crippen LogP contribution is 2.26. The molecule has 3 nitrogen and oxygen atoms in total. The molecule has 0 fully saturated rings. The molecule has 0 amide bonds. The average Bonchev–Trinajstić information content (AvgIpc) is 2.64. The van der Waals surface area contributed by atoms with E-state index in [0.717, 1.165) is 16.7 Å². The van der Waals surface area contributed by atoms with Crippen LogP contribution in [-0.4, -0.2) is 8.42 Å². The Bertz CT molecular complexity index is 952. The lowest BCUT2D eigenvalue weighted by Gasteiger charge is -2.21. The van der Waals surface area contributed by atoms with Crippen LogP contribution in [-0.2, 0) is 10.0 Å². The van der Waals surface area contributed by atoms with Crippen LogP contribution >= 0.6 is 0 Å². The van der Waals surface area contributed by atoms with Gasteiger partial charge in [0, 0.05) is 0 Å². The third kappa shape index (κ3) is 3.98. The minimum absolute atomic E-state index is 0.264. The molecule has 0 saturated heterocycles. The van der Waals surface area contributed by atoms with Crippen molar-refractivity contribution in [3.05, 3.63) is 101 Å². The van der Waals surface area contributed by atoms with Gasteiger partial charge in [0.2, 0.25) is 10.0 Å². The van der Waals surface area contributed by atoms with E-state index in [4.69, 9.17) is 0 Å². The smallest absolute Gasteiger partial charge is 0.207 e. The summed E-state index contributed by atoms with van der Waals surface area (Å²) in [4.78, 5) is 0.264. The third-order valence-electron chi connectivity index (χ3n) is 4.32. The maximum absolute atomic E-state index is 12.8. The second kappa shape index (κ2) is 7.21. The van der Waals surface area contributed by atoms with Crippen molar-refractivity contribution < 1.29 is 8.42 Å². The first-order chi connectivity index (χ1) is 12.0. The molecule has 0 aromatic heterocycles. The molecule has 0 aliphatic carbocycles. The quantitative estimate of drug-likeness (QED) is 0.742. The van der Waals surface area contributed by atoms with E-state index in [1.165, 1.54) is 5.56 Å². The summed E-state index contributed by atoms with van der Waals surface area (Å²) in [5.74, 6) is 0. The molecule has 3 aromatic carbocycles. The van der Waals surface area contributed by atoms with Gasteiger partial charge in [0.25, 0.3) is 0 Å². The summed E-state index contributed by atoms with van der Waals surface area (Å²) >= 11 is 0. The van der Waals surface area contributed by atoms with E-state index in [-0.39, 0.29) is 4.90 Å². The Kier molecular flexibility index (Phi) is 5.02. The summed E-state index contributed by atoms with van der Waals surface area (Å²) < 4.78 is 28.5. The summed E-state index contributed by atoms with van der Waals surface area (Å²) in [6.45, 7) is 4.08. The van der Waals surface area contributed by atoms with Crippen molar-refractivity contribution in [1.82, 2.24) is 4.72 Å². The molecule has 0 saturated carbocycles. The van der Waals surface area contributed by atoms with Crippen molar-refractivity contribution in [2.75, 3.05) is 0 Å². The first kappa shape index (κ1) is 17.4. The van der Waals surface area contributed by atoms with Gasteiger partial charge in [-0.3, -0.25) is 0 Å². The normalized spacial score (nSPS) is 12.7. The lowest BCUT2D eigenvalue weighted by molar-refractivity contribution is 0.572. The van der Waals surface area contributed by atoms with Crippen LogP contribution in [0.4, 0.5) is 0 Å². The summed E-state index contributed by atoms with van der Waals surface area (Å²) in [6, 6.07) is 23.7. The Labute approximate surface area is 149 Å². The third-order valence-corrected chi connectivity index (χ3v) is 5.76. The zero-order valence-electron chi connectivity index (χ0n) is 14.3. The Hall–Kier alpha value is -2.43. The monoisotopic (exact) mass is 351 g/mol. The molecule has 0 unspecified atom stereocenters. The van der Waals surface area contributed by atoms with Crippen molar-refractivity contribution in [3.63, 3.8) is 0 Å². The zero-order valence-corrected chi connectivity index (χ0v) is 15.1. The number of hydrogen-bond acceptors (Lipinski definition) is 2. The van der Waals surface area contributed by atoms with Gasteiger partial charge in [-0.1, -0.05) is 66.7 Å². The highest BCUT2D eigenvalue weighted by atomic mass is 32.2. The van der Waals surface area contributed by atoms with E-state index < -0.39 is 16.1 Å². The van der Waals surface area contributed by atoms with E-state index in [0.29, 0.717) is 0 Å². The fourth-order valence-corrected chi connectivity index (χ4v) is 3.98. The van der Waals surface area contributed by atoms with Crippen LogP contribution in [0.1, 0.15) is 28.3 Å². The molecule has 3 aromatic rings. The SMILES string of the molecule is Cc1ccc([C@H](NS(=O)(=O)c2ccccc2)c2ccccc2)cc1C. The first-order valence-corrected chi connectivity index (χ1v) is 9.65. The molecule has 0 spiro atoms. The summed E-state index contributed by atoms with van der Waals surface area (Å²) in [7, 11) is -3.63. The molecule has 3 rings (SSSR count). The van der Waals surface area contributed by atoms with Crippen molar-refractivity contribution >= 4 is 10.0 Å². The number of aryl methyl sites for hydroxylation is 2. The van der Waals surface area contributed by atoms with Crippen LogP contribution in [0.5, 0.6) is 0 Å². The minimum atomic E-state index is -3.63. The summed E-state index contributed by atoms with van der Waals surface area (Å²) in [5.41, 5.74) is 4.15. The van der Waals surface area contributed by atoms with Crippen LogP contribution in [0.25, 0.3) is 0 Å². The van der Waals surface area contributed by atoms with Gasteiger partial charge in [0.1, 0.15) is 0 Å². The fraction of sp³-hybridized carbons (Fsp3) is 0.143. The molecule has 0 radical (unpaired) electrons. The first-order valence-electron chi connectivity index (χ1n) is 8.17. The molecule has 25 heavy (non-hydrogen) atoms. The van der Waals surface area contributed by atoms with Crippen LogP contribution < -0.4 is 4.72 Å². The van der Waals surface area contributed by atoms with E-state index in [1.54, 1.807) is 30.3 Å². The second-order valence-electron chi connectivity index (χ2n) is 6.12. The predicted octanol–water partition coefficient (Wildman–Crippen LogP) is 4.37. The summed E-state index contributed by atoms with van der Waals surface area (Å²) in [6.07, 6.45) is 0. The van der Waals surface area contributed by atoms with Gasteiger partial charge in [-0.05, 0) is 48.2 Å². The molecule has 0 bridgehead atoms. The van der Waals surface area contributed by atoms with Gasteiger partial charge in [-0.15, -0.1) is 0 Å². The standard InChI is InChI=1S/C21H21NO2S/c1-16-13-14-19(15-17(16)2)21(18-9-5-3-6-10-18)22-25(23,24)20-11-7-4-8-12-20/h3-15,21-22H,1-2H3/t21-/m1/s1. The highest BCUT2D eigenvalue weighted by Gasteiger charge is 2.23. The van der Waals surface area contributed by atoms with Gasteiger partial charge in [0.15, 0.2) is 0 Å².